The largest absolute Gasteiger partial charge is 0.494 e. The van der Waals surface area contributed by atoms with E-state index in [1.807, 2.05) is 24.7 Å². The van der Waals surface area contributed by atoms with Gasteiger partial charge in [-0.2, -0.15) is 0 Å². The van der Waals surface area contributed by atoms with Gasteiger partial charge in [0.05, 0.1) is 19.5 Å². The highest BCUT2D eigenvalue weighted by Gasteiger charge is 2.23. The quantitative estimate of drug-likeness (QED) is 0.735. The number of aliphatic hydroxyl groups excluding tert-OH is 1. The number of likely N-dealkylation sites (N-methyl/N-ethyl adjacent to an activating group) is 1. The van der Waals surface area contributed by atoms with Gasteiger partial charge in [-0.05, 0) is 31.2 Å². The number of nitrogens with zero attached hydrogens (tertiary/aromatic N) is 4. The maximum absolute atomic E-state index is 9.46. The monoisotopic (exact) mass is 344 g/mol. The summed E-state index contributed by atoms with van der Waals surface area (Å²) in [5, 5.41) is 9.46. The summed E-state index contributed by atoms with van der Waals surface area (Å²) in [4.78, 5) is 8.67. The van der Waals surface area contributed by atoms with Crippen LogP contribution in [0.4, 0.5) is 0 Å². The van der Waals surface area contributed by atoms with Crippen molar-refractivity contribution in [3.63, 3.8) is 0 Å². The van der Waals surface area contributed by atoms with Crippen LogP contribution in [0.5, 0.6) is 5.75 Å². The maximum atomic E-state index is 9.46. The highest BCUT2D eigenvalue weighted by atomic mass is 16.5. The molecular weight excluding hydrogens is 316 g/mol. The molecule has 0 saturated carbocycles. The topological polar surface area (TPSA) is 53.8 Å². The van der Waals surface area contributed by atoms with Crippen LogP contribution in [-0.2, 0) is 13.1 Å². The molecule has 0 spiro atoms. The molecular formula is C19H28N4O2. The Morgan fingerprint density at radius 1 is 1.24 bits per heavy atom. The predicted molar refractivity (Wildman–Crippen MR) is 97.6 cm³/mol. The van der Waals surface area contributed by atoms with Gasteiger partial charge >= 0.3 is 0 Å². The fraction of sp³-hybridized carbons (Fsp3) is 0.526. The van der Waals surface area contributed by atoms with Crippen molar-refractivity contribution in [3.05, 3.63) is 48.5 Å². The van der Waals surface area contributed by atoms with E-state index >= 15 is 0 Å². The number of hydrogen-bond donors (Lipinski definition) is 1. The van der Waals surface area contributed by atoms with Crippen molar-refractivity contribution in [1.29, 1.82) is 0 Å². The van der Waals surface area contributed by atoms with Crippen molar-refractivity contribution in [1.82, 2.24) is 19.4 Å². The summed E-state index contributed by atoms with van der Waals surface area (Å²) < 4.78 is 7.87. The third kappa shape index (κ3) is 5.29. The summed E-state index contributed by atoms with van der Waals surface area (Å²) in [6.07, 6.45) is 6.55. The highest BCUT2D eigenvalue weighted by molar-refractivity contribution is 5.27. The Morgan fingerprint density at radius 3 is 2.80 bits per heavy atom. The van der Waals surface area contributed by atoms with Gasteiger partial charge in [-0.25, -0.2) is 4.98 Å². The van der Waals surface area contributed by atoms with Crippen LogP contribution < -0.4 is 4.74 Å². The Labute approximate surface area is 149 Å². The minimum absolute atomic E-state index is 0.221. The molecule has 1 atom stereocenters. The van der Waals surface area contributed by atoms with Crippen LogP contribution in [0.2, 0.25) is 0 Å². The number of ether oxygens (including phenoxy) is 1. The zero-order valence-corrected chi connectivity index (χ0v) is 14.9. The summed E-state index contributed by atoms with van der Waals surface area (Å²) in [6, 6.07) is 8.61. The summed E-state index contributed by atoms with van der Waals surface area (Å²) >= 11 is 0. The molecule has 1 N–H and O–H groups in total. The Bertz CT molecular complexity index is 615. The van der Waals surface area contributed by atoms with Gasteiger partial charge in [0, 0.05) is 51.2 Å². The van der Waals surface area contributed by atoms with Gasteiger partial charge in [0.25, 0.3) is 0 Å². The first-order valence-electron chi connectivity index (χ1n) is 8.95. The lowest BCUT2D eigenvalue weighted by molar-refractivity contribution is 0.0540. The third-order valence-corrected chi connectivity index (χ3v) is 4.79. The van der Waals surface area contributed by atoms with Crippen LogP contribution in [0.1, 0.15) is 12.0 Å². The van der Waals surface area contributed by atoms with Crippen LogP contribution in [0.25, 0.3) is 0 Å². The lowest BCUT2D eigenvalue weighted by Gasteiger charge is -2.38. The van der Waals surface area contributed by atoms with Crippen molar-refractivity contribution < 1.29 is 9.84 Å². The molecule has 6 heteroatoms. The number of imidazole rings is 1. The first kappa shape index (κ1) is 17.9. The van der Waals surface area contributed by atoms with E-state index in [1.165, 1.54) is 5.56 Å². The SMILES string of the molecule is CN1CCN(Cc2ccc(OCCCn3ccnc3)cc2)C[C@@H]1CO. The van der Waals surface area contributed by atoms with Gasteiger partial charge in [0.2, 0.25) is 0 Å². The van der Waals surface area contributed by atoms with Gasteiger partial charge in [-0.15, -0.1) is 0 Å². The summed E-state index contributed by atoms with van der Waals surface area (Å²) in [5.74, 6) is 0.918. The smallest absolute Gasteiger partial charge is 0.119 e. The second kappa shape index (κ2) is 8.99. The molecule has 136 valence electrons. The predicted octanol–water partition coefficient (Wildman–Crippen LogP) is 1.46. The summed E-state index contributed by atoms with van der Waals surface area (Å²) in [5.41, 5.74) is 1.28. The second-order valence-corrected chi connectivity index (χ2v) is 6.70. The number of aryl methyl sites for hydroxylation is 1. The molecule has 0 aliphatic carbocycles. The molecule has 1 aromatic carbocycles. The van der Waals surface area contributed by atoms with Crippen molar-refractivity contribution in [2.45, 2.75) is 25.6 Å². The van der Waals surface area contributed by atoms with E-state index < -0.39 is 0 Å². The average Bonchev–Trinajstić information content (AvgIpc) is 3.15. The minimum Gasteiger partial charge on any atom is -0.494 e. The lowest BCUT2D eigenvalue weighted by Crippen LogP contribution is -2.52. The van der Waals surface area contributed by atoms with Crippen LogP contribution in [0.3, 0.4) is 0 Å². The van der Waals surface area contributed by atoms with Crippen LogP contribution in [0, 0.1) is 0 Å². The molecule has 2 heterocycles. The van der Waals surface area contributed by atoms with Crippen molar-refractivity contribution in [3.8, 4) is 5.75 Å². The Morgan fingerprint density at radius 2 is 2.08 bits per heavy atom. The molecule has 1 fully saturated rings. The summed E-state index contributed by atoms with van der Waals surface area (Å²) in [6.45, 7) is 5.73. The first-order valence-corrected chi connectivity index (χ1v) is 8.95. The third-order valence-electron chi connectivity index (χ3n) is 4.79. The molecule has 6 nitrogen and oxygen atoms in total. The molecule has 25 heavy (non-hydrogen) atoms. The van der Waals surface area contributed by atoms with E-state index in [-0.39, 0.29) is 12.6 Å². The Kier molecular flexibility index (Phi) is 6.44. The van der Waals surface area contributed by atoms with Crippen LogP contribution in [0.15, 0.2) is 43.0 Å². The van der Waals surface area contributed by atoms with Gasteiger partial charge in [-0.3, -0.25) is 9.80 Å². The van der Waals surface area contributed by atoms with E-state index in [9.17, 15) is 5.11 Å². The number of benzene rings is 1. The Hall–Kier alpha value is -1.89. The number of rotatable bonds is 8. The molecule has 0 radical (unpaired) electrons. The average molecular weight is 344 g/mol. The van der Waals surface area contributed by atoms with Gasteiger partial charge < -0.3 is 14.4 Å². The molecule has 1 aliphatic rings. The maximum Gasteiger partial charge on any atom is 0.119 e. The van der Waals surface area contributed by atoms with Crippen molar-refractivity contribution in [2.75, 3.05) is 39.9 Å². The fourth-order valence-corrected chi connectivity index (χ4v) is 3.16. The molecule has 1 aromatic heterocycles. The number of piperazine rings is 1. The standard InChI is InChI=1S/C19H28N4O2/c1-21-10-11-23(14-18(21)15-24)13-17-3-5-19(6-4-17)25-12-2-8-22-9-7-20-16-22/h3-7,9,16,18,24H,2,8,10-15H2,1H3/t18-/m1/s1. The molecule has 2 aromatic rings. The molecule has 3 rings (SSSR count). The zero-order valence-electron chi connectivity index (χ0n) is 14.9. The van der Waals surface area contributed by atoms with Crippen LogP contribution >= 0.6 is 0 Å². The van der Waals surface area contributed by atoms with E-state index in [2.05, 4.69) is 38.5 Å². The molecule has 0 bridgehead atoms. The van der Waals surface area contributed by atoms with E-state index in [0.717, 1.165) is 44.9 Å². The molecule has 0 unspecified atom stereocenters. The van der Waals surface area contributed by atoms with Gasteiger partial charge in [0.1, 0.15) is 5.75 Å². The minimum atomic E-state index is 0.221. The van der Waals surface area contributed by atoms with E-state index in [0.29, 0.717) is 6.61 Å². The zero-order chi connectivity index (χ0) is 17.5. The van der Waals surface area contributed by atoms with E-state index in [1.54, 1.807) is 6.20 Å². The second-order valence-electron chi connectivity index (χ2n) is 6.70. The molecule has 0 amide bonds. The summed E-state index contributed by atoms with van der Waals surface area (Å²) in [7, 11) is 2.08. The molecule has 1 saturated heterocycles. The van der Waals surface area contributed by atoms with Crippen molar-refractivity contribution >= 4 is 0 Å². The first-order chi connectivity index (χ1) is 12.2. The number of aromatic nitrogens is 2. The van der Waals surface area contributed by atoms with Crippen LogP contribution in [-0.4, -0.2) is 70.4 Å². The van der Waals surface area contributed by atoms with Gasteiger partial charge in [-0.1, -0.05) is 12.1 Å². The highest BCUT2D eigenvalue weighted by Crippen LogP contribution is 2.16. The molecule has 1 aliphatic heterocycles. The van der Waals surface area contributed by atoms with Gasteiger partial charge in [0.15, 0.2) is 0 Å². The number of hydrogen-bond acceptors (Lipinski definition) is 5. The Balaban J connectivity index is 1.41. The lowest BCUT2D eigenvalue weighted by atomic mass is 10.1. The fourth-order valence-electron chi connectivity index (χ4n) is 3.16. The number of aliphatic hydroxyl groups is 1. The van der Waals surface area contributed by atoms with Crippen molar-refractivity contribution in [2.24, 2.45) is 0 Å². The normalized spacial score (nSPS) is 19.2. The van der Waals surface area contributed by atoms with E-state index in [4.69, 9.17) is 4.74 Å².